The first-order chi connectivity index (χ1) is 11.2. The van der Waals surface area contributed by atoms with Gasteiger partial charge in [-0.05, 0) is 31.7 Å². The predicted molar refractivity (Wildman–Crippen MR) is 94.6 cm³/mol. The average molecular weight is 306 g/mol. The number of aryl methyl sites for hydroxylation is 1. The van der Waals surface area contributed by atoms with Gasteiger partial charge >= 0.3 is 0 Å². The van der Waals surface area contributed by atoms with Crippen LogP contribution in [0.5, 0.6) is 5.75 Å². The zero-order valence-electron chi connectivity index (χ0n) is 13.9. The summed E-state index contributed by atoms with van der Waals surface area (Å²) < 4.78 is 5.48. The molecule has 3 nitrogen and oxygen atoms in total. The van der Waals surface area contributed by atoms with Gasteiger partial charge in [0, 0.05) is 30.2 Å². The Labute approximate surface area is 137 Å². The molecule has 0 bridgehead atoms. The third kappa shape index (κ3) is 3.51. The molecular weight excluding hydrogens is 284 g/mol. The van der Waals surface area contributed by atoms with E-state index >= 15 is 0 Å². The smallest absolute Gasteiger partial charge is 0.123 e. The Hall–Kier alpha value is -2.39. The lowest BCUT2D eigenvalue weighted by Crippen LogP contribution is -2.18. The van der Waals surface area contributed by atoms with E-state index < -0.39 is 0 Å². The quantitative estimate of drug-likeness (QED) is 0.707. The Kier molecular flexibility index (Phi) is 4.58. The molecule has 0 saturated heterocycles. The summed E-state index contributed by atoms with van der Waals surface area (Å²) in [6.07, 6.45) is 1.86. The number of hydrogen-bond donors (Lipinski definition) is 0. The largest absolute Gasteiger partial charge is 0.496 e. The van der Waals surface area contributed by atoms with E-state index in [1.165, 1.54) is 22.1 Å². The number of pyridine rings is 1. The molecule has 0 aliphatic carbocycles. The highest BCUT2D eigenvalue weighted by atomic mass is 16.5. The molecule has 0 atom stereocenters. The molecule has 3 rings (SSSR count). The van der Waals surface area contributed by atoms with Gasteiger partial charge in [0.2, 0.25) is 0 Å². The first-order valence-corrected chi connectivity index (χ1v) is 7.82. The van der Waals surface area contributed by atoms with Crippen LogP contribution < -0.4 is 4.74 Å². The molecule has 3 aromatic rings. The van der Waals surface area contributed by atoms with E-state index in [1.54, 1.807) is 7.11 Å². The highest BCUT2D eigenvalue weighted by Crippen LogP contribution is 2.23. The molecule has 0 aliphatic heterocycles. The third-order valence-corrected chi connectivity index (χ3v) is 4.03. The second-order valence-corrected chi connectivity index (χ2v) is 5.98. The lowest BCUT2D eigenvalue weighted by Gasteiger charge is -2.19. The Balaban J connectivity index is 1.82. The predicted octanol–water partition coefficient (Wildman–Crippen LogP) is 4.18. The van der Waals surface area contributed by atoms with Crippen LogP contribution in [0.4, 0.5) is 0 Å². The molecule has 0 N–H and O–H groups in total. The molecule has 118 valence electrons. The number of nitrogens with zero attached hydrogens (tertiary/aromatic N) is 2. The van der Waals surface area contributed by atoms with Crippen LogP contribution in [-0.2, 0) is 13.1 Å². The zero-order valence-corrected chi connectivity index (χ0v) is 13.9. The summed E-state index contributed by atoms with van der Waals surface area (Å²) in [4.78, 5) is 6.83. The van der Waals surface area contributed by atoms with Gasteiger partial charge in [0.1, 0.15) is 5.75 Å². The van der Waals surface area contributed by atoms with Crippen LogP contribution in [0, 0.1) is 6.92 Å². The number of para-hydroxylation sites is 1. The number of hydrogen-bond acceptors (Lipinski definition) is 3. The summed E-state index contributed by atoms with van der Waals surface area (Å²) in [5, 5.41) is 1.19. The fraction of sp³-hybridized carbons (Fsp3) is 0.250. The molecule has 0 aliphatic rings. The van der Waals surface area contributed by atoms with Crippen LogP contribution in [0.3, 0.4) is 0 Å². The lowest BCUT2D eigenvalue weighted by molar-refractivity contribution is 0.311. The summed E-state index contributed by atoms with van der Waals surface area (Å²) in [5.74, 6) is 0.943. The van der Waals surface area contributed by atoms with Crippen molar-refractivity contribution in [3.8, 4) is 5.75 Å². The van der Waals surface area contributed by atoms with Crippen molar-refractivity contribution in [2.75, 3.05) is 14.2 Å². The van der Waals surface area contributed by atoms with Crippen molar-refractivity contribution in [1.29, 1.82) is 0 Å². The minimum absolute atomic E-state index is 0.841. The molecule has 0 fully saturated rings. The van der Waals surface area contributed by atoms with Crippen molar-refractivity contribution in [2.45, 2.75) is 20.0 Å². The van der Waals surface area contributed by atoms with Crippen molar-refractivity contribution >= 4 is 10.9 Å². The normalized spacial score (nSPS) is 11.1. The van der Waals surface area contributed by atoms with Gasteiger partial charge in [0.15, 0.2) is 0 Å². The Bertz CT molecular complexity index is 808. The third-order valence-electron chi connectivity index (χ3n) is 4.03. The highest BCUT2D eigenvalue weighted by Gasteiger charge is 2.09. The Morgan fingerprint density at radius 2 is 1.78 bits per heavy atom. The minimum atomic E-state index is 0.841. The first-order valence-electron chi connectivity index (χ1n) is 7.82. The molecule has 0 saturated carbocycles. The molecule has 2 aromatic carbocycles. The number of rotatable bonds is 5. The summed E-state index contributed by atoms with van der Waals surface area (Å²) in [5.41, 5.74) is 4.79. The van der Waals surface area contributed by atoms with E-state index in [9.17, 15) is 0 Å². The second-order valence-electron chi connectivity index (χ2n) is 5.98. The number of aromatic nitrogens is 1. The Morgan fingerprint density at radius 1 is 1.00 bits per heavy atom. The van der Waals surface area contributed by atoms with Crippen LogP contribution in [0.15, 0.2) is 54.7 Å². The molecule has 23 heavy (non-hydrogen) atoms. The summed E-state index contributed by atoms with van der Waals surface area (Å²) in [6.45, 7) is 3.80. The first kappa shape index (κ1) is 15.5. The maximum absolute atomic E-state index is 5.48. The van der Waals surface area contributed by atoms with E-state index in [4.69, 9.17) is 4.74 Å². The number of ether oxygens (including phenoxy) is 1. The van der Waals surface area contributed by atoms with E-state index in [1.807, 2.05) is 18.3 Å². The number of fused-ring (bicyclic) bond motifs is 1. The monoisotopic (exact) mass is 306 g/mol. The maximum Gasteiger partial charge on any atom is 0.123 e. The van der Waals surface area contributed by atoms with Crippen molar-refractivity contribution in [3.63, 3.8) is 0 Å². The van der Waals surface area contributed by atoms with Gasteiger partial charge < -0.3 is 4.74 Å². The van der Waals surface area contributed by atoms with Crippen molar-refractivity contribution in [1.82, 2.24) is 9.88 Å². The fourth-order valence-corrected chi connectivity index (χ4v) is 2.96. The molecule has 3 heteroatoms. The highest BCUT2D eigenvalue weighted by molar-refractivity contribution is 5.81. The van der Waals surface area contributed by atoms with Gasteiger partial charge in [0.05, 0.1) is 12.6 Å². The molecule has 0 amide bonds. The summed E-state index contributed by atoms with van der Waals surface area (Å²) >= 11 is 0. The van der Waals surface area contributed by atoms with Crippen molar-refractivity contribution in [3.05, 3.63) is 71.4 Å². The standard InChI is InChI=1S/C20H22N2O/c1-15-9-10-19(23-3)18(12-15)14-22(2)13-17-7-4-6-16-8-5-11-21-20(16)17/h4-12H,13-14H2,1-3H3. The van der Waals surface area contributed by atoms with E-state index in [-0.39, 0.29) is 0 Å². The SMILES string of the molecule is COc1ccc(C)cc1CN(C)Cc1cccc2cccnc12. The average Bonchev–Trinajstić information content (AvgIpc) is 2.55. The topological polar surface area (TPSA) is 25.4 Å². The minimum Gasteiger partial charge on any atom is -0.496 e. The van der Waals surface area contributed by atoms with Crippen LogP contribution >= 0.6 is 0 Å². The van der Waals surface area contributed by atoms with Gasteiger partial charge in [-0.3, -0.25) is 9.88 Å². The van der Waals surface area contributed by atoms with Gasteiger partial charge in [-0.15, -0.1) is 0 Å². The van der Waals surface area contributed by atoms with E-state index in [0.29, 0.717) is 0 Å². The molecule has 1 heterocycles. The van der Waals surface area contributed by atoms with E-state index in [2.05, 4.69) is 60.3 Å². The van der Waals surface area contributed by atoms with Crippen LogP contribution in [-0.4, -0.2) is 24.0 Å². The van der Waals surface area contributed by atoms with Crippen LogP contribution in [0.2, 0.25) is 0 Å². The molecule has 0 radical (unpaired) electrons. The van der Waals surface area contributed by atoms with Gasteiger partial charge in [-0.1, -0.05) is 42.0 Å². The lowest BCUT2D eigenvalue weighted by atomic mass is 10.1. The van der Waals surface area contributed by atoms with Gasteiger partial charge in [-0.25, -0.2) is 0 Å². The number of methoxy groups -OCH3 is 1. The summed E-state index contributed by atoms with van der Waals surface area (Å²) in [7, 11) is 3.85. The fourth-order valence-electron chi connectivity index (χ4n) is 2.96. The van der Waals surface area contributed by atoms with E-state index in [0.717, 1.165) is 24.4 Å². The van der Waals surface area contributed by atoms with Crippen molar-refractivity contribution in [2.24, 2.45) is 0 Å². The van der Waals surface area contributed by atoms with Crippen molar-refractivity contribution < 1.29 is 4.74 Å². The Morgan fingerprint density at radius 3 is 2.61 bits per heavy atom. The molecule has 0 unspecified atom stereocenters. The zero-order chi connectivity index (χ0) is 16.2. The molecular formula is C20H22N2O. The molecule has 1 aromatic heterocycles. The molecule has 0 spiro atoms. The van der Waals surface area contributed by atoms with Gasteiger partial charge in [0.25, 0.3) is 0 Å². The maximum atomic E-state index is 5.48. The second kappa shape index (κ2) is 6.80. The van der Waals surface area contributed by atoms with Gasteiger partial charge in [-0.2, -0.15) is 0 Å². The summed E-state index contributed by atoms with van der Waals surface area (Å²) in [6, 6.07) is 16.8. The van der Waals surface area contributed by atoms with Crippen LogP contribution in [0.25, 0.3) is 10.9 Å². The number of benzene rings is 2. The van der Waals surface area contributed by atoms with Crippen LogP contribution in [0.1, 0.15) is 16.7 Å².